The van der Waals surface area contributed by atoms with Crippen LogP contribution in [-0.2, 0) is 10.0 Å². The van der Waals surface area contributed by atoms with Crippen molar-refractivity contribution in [2.24, 2.45) is 5.10 Å². The van der Waals surface area contributed by atoms with Crippen molar-refractivity contribution in [3.05, 3.63) is 64.7 Å². The Morgan fingerprint density at radius 2 is 1.81 bits per heavy atom. The van der Waals surface area contributed by atoms with Gasteiger partial charge in [-0.25, -0.2) is 13.8 Å². The van der Waals surface area contributed by atoms with Crippen LogP contribution in [0.5, 0.6) is 0 Å². The van der Waals surface area contributed by atoms with Crippen molar-refractivity contribution in [3.63, 3.8) is 0 Å². The fourth-order valence-corrected chi connectivity index (χ4v) is 3.92. The number of sulfonamides is 1. The summed E-state index contributed by atoms with van der Waals surface area (Å²) in [5, 5.41) is 4.49. The summed E-state index contributed by atoms with van der Waals surface area (Å²) in [6, 6.07) is 12.8. The Hall–Kier alpha value is -2.22. The first-order valence-electron chi connectivity index (χ1n) is 8.07. The molecule has 0 aliphatic heterocycles. The molecular formula is C18H20ClN3O3S. The van der Waals surface area contributed by atoms with Crippen LogP contribution < -0.4 is 5.43 Å². The minimum absolute atomic E-state index is 0.0792. The van der Waals surface area contributed by atoms with E-state index in [2.05, 4.69) is 10.5 Å². The Morgan fingerprint density at radius 3 is 2.42 bits per heavy atom. The highest BCUT2D eigenvalue weighted by atomic mass is 35.5. The molecule has 0 atom stereocenters. The maximum atomic E-state index is 12.5. The molecule has 0 aliphatic rings. The highest BCUT2D eigenvalue weighted by Crippen LogP contribution is 2.17. The van der Waals surface area contributed by atoms with Crippen LogP contribution in [0.4, 0.5) is 0 Å². The van der Waals surface area contributed by atoms with Gasteiger partial charge in [-0.2, -0.15) is 9.41 Å². The second-order valence-electron chi connectivity index (χ2n) is 5.37. The van der Waals surface area contributed by atoms with E-state index in [1.807, 2.05) is 0 Å². The molecule has 0 saturated heterocycles. The predicted molar refractivity (Wildman–Crippen MR) is 103 cm³/mol. The van der Waals surface area contributed by atoms with Crippen molar-refractivity contribution in [2.75, 3.05) is 13.1 Å². The van der Waals surface area contributed by atoms with E-state index in [4.69, 9.17) is 11.6 Å². The first kappa shape index (κ1) is 20.1. The Bertz CT molecular complexity index is 892. The van der Waals surface area contributed by atoms with Gasteiger partial charge in [-0.15, -0.1) is 0 Å². The predicted octanol–water partition coefficient (Wildman–Crippen LogP) is 3.13. The number of amides is 1. The molecule has 2 rings (SSSR count). The molecule has 0 fully saturated rings. The molecule has 0 bridgehead atoms. The van der Waals surface area contributed by atoms with Gasteiger partial charge in [-0.3, -0.25) is 4.79 Å². The van der Waals surface area contributed by atoms with Gasteiger partial charge < -0.3 is 0 Å². The quantitative estimate of drug-likeness (QED) is 0.579. The molecule has 0 heterocycles. The lowest BCUT2D eigenvalue weighted by molar-refractivity contribution is 0.0955. The van der Waals surface area contributed by atoms with Crippen molar-refractivity contribution in [1.82, 2.24) is 9.73 Å². The van der Waals surface area contributed by atoms with Crippen LogP contribution in [0.1, 0.15) is 29.8 Å². The van der Waals surface area contributed by atoms with E-state index in [0.717, 1.165) is 5.56 Å². The van der Waals surface area contributed by atoms with Gasteiger partial charge in [0.2, 0.25) is 10.0 Å². The van der Waals surface area contributed by atoms with Gasteiger partial charge in [-0.05, 0) is 35.9 Å². The van der Waals surface area contributed by atoms with E-state index in [-0.39, 0.29) is 10.5 Å². The SMILES string of the molecule is CCN(CC)S(=O)(=O)c1cccc(C(=O)N/N=C\c2ccc(Cl)cc2)c1. The topological polar surface area (TPSA) is 78.8 Å². The molecule has 26 heavy (non-hydrogen) atoms. The highest BCUT2D eigenvalue weighted by Gasteiger charge is 2.22. The van der Waals surface area contributed by atoms with E-state index in [9.17, 15) is 13.2 Å². The van der Waals surface area contributed by atoms with E-state index < -0.39 is 15.9 Å². The summed E-state index contributed by atoms with van der Waals surface area (Å²) in [6.45, 7) is 4.26. The van der Waals surface area contributed by atoms with Crippen LogP contribution in [0, 0.1) is 0 Å². The number of hydrogen-bond acceptors (Lipinski definition) is 4. The molecule has 0 radical (unpaired) electrons. The lowest BCUT2D eigenvalue weighted by Gasteiger charge is -2.18. The van der Waals surface area contributed by atoms with Crippen molar-refractivity contribution < 1.29 is 13.2 Å². The average Bonchev–Trinajstić information content (AvgIpc) is 2.64. The van der Waals surface area contributed by atoms with Gasteiger partial charge in [0.05, 0.1) is 11.1 Å². The second kappa shape index (κ2) is 8.93. The van der Waals surface area contributed by atoms with E-state index in [0.29, 0.717) is 18.1 Å². The largest absolute Gasteiger partial charge is 0.271 e. The summed E-state index contributed by atoms with van der Waals surface area (Å²) in [5.74, 6) is -0.494. The Labute approximate surface area is 158 Å². The molecule has 0 saturated carbocycles. The number of rotatable bonds is 7. The number of halogens is 1. The van der Waals surface area contributed by atoms with Gasteiger partial charge in [0.1, 0.15) is 0 Å². The highest BCUT2D eigenvalue weighted by molar-refractivity contribution is 7.89. The lowest BCUT2D eigenvalue weighted by atomic mass is 10.2. The summed E-state index contributed by atoms with van der Waals surface area (Å²) in [5.41, 5.74) is 3.37. The molecule has 1 amide bonds. The van der Waals surface area contributed by atoms with Crippen LogP contribution in [-0.4, -0.2) is 37.9 Å². The van der Waals surface area contributed by atoms with Crippen LogP contribution >= 0.6 is 11.6 Å². The molecule has 6 nitrogen and oxygen atoms in total. The Kier molecular flexibility index (Phi) is 6.90. The fraction of sp³-hybridized carbons (Fsp3) is 0.222. The van der Waals surface area contributed by atoms with Gasteiger partial charge >= 0.3 is 0 Å². The minimum atomic E-state index is -3.62. The minimum Gasteiger partial charge on any atom is -0.267 e. The summed E-state index contributed by atoms with van der Waals surface area (Å²) >= 11 is 5.80. The van der Waals surface area contributed by atoms with Crippen molar-refractivity contribution in [2.45, 2.75) is 18.7 Å². The van der Waals surface area contributed by atoms with Crippen LogP contribution in [0.3, 0.4) is 0 Å². The Balaban J connectivity index is 2.14. The summed E-state index contributed by atoms with van der Waals surface area (Å²) in [4.78, 5) is 12.3. The van der Waals surface area contributed by atoms with E-state index in [1.165, 1.54) is 34.8 Å². The first-order valence-corrected chi connectivity index (χ1v) is 9.89. The zero-order valence-electron chi connectivity index (χ0n) is 14.5. The standard InChI is InChI=1S/C18H20ClN3O3S/c1-3-22(4-2)26(24,25)17-7-5-6-15(12-17)18(23)21-20-13-14-8-10-16(19)11-9-14/h5-13H,3-4H2,1-2H3,(H,21,23)/b20-13-. The second-order valence-corrected chi connectivity index (χ2v) is 7.74. The molecular weight excluding hydrogens is 374 g/mol. The number of hydrazone groups is 1. The third kappa shape index (κ3) is 4.91. The number of carbonyl (C=O) groups excluding carboxylic acids is 1. The van der Waals surface area contributed by atoms with E-state index in [1.54, 1.807) is 38.1 Å². The van der Waals surface area contributed by atoms with Gasteiger partial charge in [0.15, 0.2) is 0 Å². The van der Waals surface area contributed by atoms with Gasteiger partial charge in [-0.1, -0.05) is 43.6 Å². The third-order valence-corrected chi connectivity index (χ3v) is 5.99. The maximum Gasteiger partial charge on any atom is 0.271 e. The van der Waals surface area contributed by atoms with Gasteiger partial charge in [0, 0.05) is 23.7 Å². The molecule has 2 aromatic rings. The summed E-state index contributed by atoms with van der Waals surface area (Å²) < 4.78 is 26.4. The van der Waals surface area contributed by atoms with Gasteiger partial charge in [0.25, 0.3) is 5.91 Å². The molecule has 0 spiro atoms. The first-order chi connectivity index (χ1) is 12.4. The fourth-order valence-electron chi connectivity index (χ4n) is 2.29. The number of hydrogen-bond donors (Lipinski definition) is 1. The van der Waals surface area contributed by atoms with Crippen LogP contribution in [0.15, 0.2) is 58.5 Å². The molecule has 1 N–H and O–H groups in total. The monoisotopic (exact) mass is 393 g/mol. The normalized spacial score (nSPS) is 11.8. The maximum absolute atomic E-state index is 12.5. The van der Waals surface area contributed by atoms with Crippen molar-refractivity contribution in [1.29, 1.82) is 0 Å². The summed E-state index contributed by atoms with van der Waals surface area (Å²) in [6.07, 6.45) is 1.48. The Morgan fingerprint density at radius 1 is 1.15 bits per heavy atom. The molecule has 138 valence electrons. The van der Waals surface area contributed by atoms with Crippen molar-refractivity contribution in [3.8, 4) is 0 Å². The molecule has 2 aromatic carbocycles. The molecule has 0 aliphatic carbocycles. The number of nitrogens with one attached hydrogen (secondary N) is 1. The molecule has 8 heteroatoms. The summed E-state index contributed by atoms with van der Waals surface area (Å²) in [7, 11) is -3.62. The molecule has 0 unspecified atom stereocenters. The number of benzene rings is 2. The average molecular weight is 394 g/mol. The van der Waals surface area contributed by atoms with Crippen molar-refractivity contribution >= 4 is 33.7 Å². The number of carbonyl (C=O) groups is 1. The number of nitrogens with zero attached hydrogens (tertiary/aromatic N) is 2. The van der Waals surface area contributed by atoms with E-state index >= 15 is 0 Å². The van der Waals surface area contributed by atoms with Crippen LogP contribution in [0.2, 0.25) is 5.02 Å². The zero-order valence-corrected chi connectivity index (χ0v) is 16.1. The van der Waals surface area contributed by atoms with Crippen LogP contribution in [0.25, 0.3) is 0 Å². The smallest absolute Gasteiger partial charge is 0.267 e. The lowest BCUT2D eigenvalue weighted by Crippen LogP contribution is -2.30. The third-order valence-electron chi connectivity index (χ3n) is 3.69. The zero-order chi connectivity index (χ0) is 19.2. The molecule has 0 aromatic heterocycles.